The van der Waals surface area contributed by atoms with E-state index in [1.54, 1.807) is 16.3 Å². The number of urea groups is 1. The fourth-order valence-electron chi connectivity index (χ4n) is 1.53. The second-order valence-electron chi connectivity index (χ2n) is 4.38. The van der Waals surface area contributed by atoms with Crippen LogP contribution in [0.5, 0.6) is 0 Å². The third-order valence-corrected chi connectivity index (χ3v) is 3.28. The third kappa shape index (κ3) is 5.96. The fraction of sp³-hybridized carbons (Fsp3) is 0.583. The number of aromatic carboxylic acids is 1. The average molecular weight is 300 g/mol. The summed E-state index contributed by atoms with van der Waals surface area (Å²) in [4.78, 5) is 25.9. The second kappa shape index (κ2) is 8.47. The van der Waals surface area contributed by atoms with Crippen molar-refractivity contribution in [2.75, 3.05) is 18.6 Å². The van der Waals surface area contributed by atoms with Gasteiger partial charge >= 0.3 is 12.0 Å². The van der Waals surface area contributed by atoms with Gasteiger partial charge in [-0.1, -0.05) is 0 Å². The van der Waals surface area contributed by atoms with Gasteiger partial charge in [0.1, 0.15) is 0 Å². The molecule has 1 rings (SSSR count). The van der Waals surface area contributed by atoms with Crippen molar-refractivity contribution in [3.63, 3.8) is 0 Å². The van der Waals surface area contributed by atoms with Gasteiger partial charge in [-0.15, -0.1) is 0 Å². The highest BCUT2D eigenvalue weighted by atomic mass is 32.2. The maximum atomic E-state index is 11.6. The lowest BCUT2D eigenvalue weighted by Gasteiger charge is -2.14. The summed E-state index contributed by atoms with van der Waals surface area (Å²) in [7, 11) is 0. The van der Waals surface area contributed by atoms with Gasteiger partial charge in [-0.3, -0.25) is 0 Å². The van der Waals surface area contributed by atoms with E-state index >= 15 is 0 Å². The lowest BCUT2D eigenvalue weighted by Crippen LogP contribution is -2.42. The van der Waals surface area contributed by atoms with Gasteiger partial charge in [0.25, 0.3) is 0 Å². The minimum Gasteiger partial charge on any atom is -0.476 e. The normalized spacial score (nSPS) is 11.9. The van der Waals surface area contributed by atoms with Crippen molar-refractivity contribution in [1.82, 2.24) is 20.2 Å². The van der Waals surface area contributed by atoms with Crippen molar-refractivity contribution in [3.05, 3.63) is 18.2 Å². The number of nitrogens with one attached hydrogen (secondary N) is 2. The average Bonchev–Trinajstić information content (AvgIpc) is 2.85. The summed E-state index contributed by atoms with van der Waals surface area (Å²) in [6.07, 6.45) is 5.83. The van der Waals surface area contributed by atoms with Crippen molar-refractivity contribution in [2.45, 2.75) is 25.9 Å². The Morgan fingerprint density at radius 3 is 2.90 bits per heavy atom. The topological polar surface area (TPSA) is 96.3 Å². The molecule has 0 fully saturated rings. The van der Waals surface area contributed by atoms with E-state index in [-0.39, 0.29) is 17.8 Å². The van der Waals surface area contributed by atoms with E-state index in [0.29, 0.717) is 13.1 Å². The zero-order valence-corrected chi connectivity index (χ0v) is 12.4. The number of nitrogens with zero attached hydrogens (tertiary/aromatic N) is 2. The van der Waals surface area contributed by atoms with Crippen LogP contribution in [0.1, 0.15) is 23.8 Å². The Kier molecular flexibility index (Phi) is 6.92. The van der Waals surface area contributed by atoms with Gasteiger partial charge in [-0.25, -0.2) is 14.6 Å². The molecule has 0 saturated carbocycles. The van der Waals surface area contributed by atoms with E-state index in [1.807, 2.05) is 13.2 Å². The van der Waals surface area contributed by atoms with Crippen LogP contribution in [0, 0.1) is 0 Å². The third-order valence-electron chi connectivity index (χ3n) is 2.64. The maximum absolute atomic E-state index is 11.6. The van der Waals surface area contributed by atoms with Crippen LogP contribution in [0.3, 0.4) is 0 Å². The number of amides is 2. The second-order valence-corrected chi connectivity index (χ2v) is 5.37. The molecule has 0 aliphatic rings. The number of rotatable bonds is 8. The van der Waals surface area contributed by atoms with Crippen LogP contribution in [0.25, 0.3) is 0 Å². The number of carboxylic acid groups (broad SMARTS) is 1. The monoisotopic (exact) mass is 300 g/mol. The van der Waals surface area contributed by atoms with Crippen LogP contribution in [-0.2, 0) is 6.54 Å². The number of aromatic nitrogens is 2. The Morgan fingerprint density at radius 2 is 2.30 bits per heavy atom. The fourth-order valence-corrected chi connectivity index (χ4v) is 2.12. The molecule has 20 heavy (non-hydrogen) atoms. The predicted molar refractivity (Wildman–Crippen MR) is 78.2 cm³/mol. The molecular weight excluding hydrogens is 280 g/mol. The SMILES string of the molecule is CSCCC(C)NC(=O)NCCn1cnc(C(=O)O)c1. The number of carboxylic acids is 1. The number of carbonyl (C=O) groups is 2. The van der Waals surface area contributed by atoms with E-state index in [9.17, 15) is 9.59 Å². The molecule has 0 bridgehead atoms. The lowest BCUT2D eigenvalue weighted by molar-refractivity contribution is 0.0691. The van der Waals surface area contributed by atoms with E-state index in [0.717, 1.165) is 12.2 Å². The molecule has 0 spiro atoms. The summed E-state index contributed by atoms with van der Waals surface area (Å²) < 4.78 is 1.63. The summed E-state index contributed by atoms with van der Waals surface area (Å²) in [6, 6.07) is -0.0773. The van der Waals surface area contributed by atoms with E-state index < -0.39 is 5.97 Å². The molecule has 112 valence electrons. The first kappa shape index (κ1) is 16.4. The summed E-state index contributed by atoms with van der Waals surface area (Å²) in [5.74, 6) is -0.0499. The Labute approximate surface area is 122 Å². The molecule has 1 atom stereocenters. The maximum Gasteiger partial charge on any atom is 0.356 e. The van der Waals surface area contributed by atoms with Crippen molar-refractivity contribution in [3.8, 4) is 0 Å². The van der Waals surface area contributed by atoms with Crippen LogP contribution in [0.2, 0.25) is 0 Å². The summed E-state index contributed by atoms with van der Waals surface area (Å²) in [5.41, 5.74) is 0.000129. The number of carbonyl (C=O) groups excluding carboxylic acids is 1. The van der Waals surface area contributed by atoms with Crippen LogP contribution in [0.15, 0.2) is 12.5 Å². The summed E-state index contributed by atoms with van der Waals surface area (Å²) in [6.45, 7) is 2.86. The molecule has 1 heterocycles. The first-order valence-corrected chi connectivity index (χ1v) is 7.70. The van der Waals surface area contributed by atoms with E-state index in [1.165, 1.54) is 12.5 Å². The first-order chi connectivity index (χ1) is 9.52. The quantitative estimate of drug-likeness (QED) is 0.666. The highest BCUT2D eigenvalue weighted by molar-refractivity contribution is 7.98. The van der Waals surface area contributed by atoms with Gasteiger partial charge < -0.3 is 20.3 Å². The van der Waals surface area contributed by atoms with Gasteiger partial charge in [0, 0.05) is 25.3 Å². The molecule has 3 N–H and O–H groups in total. The zero-order valence-electron chi connectivity index (χ0n) is 11.6. The lowest BCUT2D eigenvalue weighted by atomic mass is 10.3. The van der Waals surface area contributed by atoms with Crippen molar-refractivity contribution in [2.24, 2.45) is 0 Å². The number of thioether (sulfide) groups is 1. The molecule has 0 aliphatic heterocycles. The summed E-state index contributed by atoms with van der Waals surface area (Å²) in [5, 5.41) is 14.3. The molecule has 8 heteroatoms. The Bertz CT molecular complexity index is 450. The highest BCUT2D eigenvalue weighted by Gasteiger charge is 2.08. The van der Waals surface area contributed by atoms with Crippen LogP contribution >= 0.6 is 11.8 Å². The largest absolute Gasteiger partial charge is 0.476 e. The molecule has 1 aromatic rings. The molecular formula is C12H20N4O3S. The minimum absolute atomic E-state index is 0.000129. The molecule has 0 aromatic carbocycles. The molecule has 2 amide bonds. The van der Waals surface area contributed by atoms with E-state index in [2.05, 4.69) is 15.6 Å². The number of hydrogen-bond acceptors (Lipinski definition) is 4. The molecule has 1 aromatic heterocycles. The van der Waals surface area contributed by atoms with Crippen molar-refractivity contribution < 1.29 is 14.7 Å². The van der Waals surface area contributed by atoms with Gasteiger partial charge in [0.15, 0.2) is 5.69 Å². The number of hydrogen-bond donors (Lipinski definition) is 3. The zero-order chi connectivity index (χ0) is 15.0. The molecule has 1 unspecified atom stereocenters. The summed E-state index contributed by atoms with van der Waals surface area (Å²) >= 11 is 1.75. The molecule has 0 saturated heterocycles. The molecule has 0 radical (unpaired) electrons. The van der Waals surface area contributed by atoms with Gasteiger partial charge in [0.2, 0.25) is 0 Å². The van der Waals surface area contributed by atoms with Gasteiger partial charge in [-0.2, -0.15) is 11.8 Å². The first-order valence-electron chi connectivity index (χ1n) is 6.31. The number of imidazole rings is 1. The smallest absolute Gasteiger partial charge is 0.356 e. The van der Waals surface area contributed by atoms with Crippen LogP contribution in [-0.4, -0.2) is 51.3 Å². The Balaban J connectivity index is 2.22. The molecule has 7 nitrogen and oxygen atoms in total. The standard InChI is InChI=1S/C12H20N4O3S/c1-9(3-6-20-2)15-12(19)13-4-5-16-7-10(11(17)18)14-8-16/h7-9H,3-6H2,1-2H3,(H,17,18)(H2,13,15,19). The highest BCUT2D eigenvalue weighted by Crippen LogP contribution is 1.99. The minimum atomic E-state index is -1.06. The van der Waals surface area contributed by atoms with Crippen LogP contribution in [0.4, 0.5) is 4.79 Å². The molecule has 0 aliphatic carbocycles. The predicted octanol–water partition coefficient (Wildman–Crippen LogP) is 1.02. The van der Waals surface area contributed by atoms with Crippen LogP contribution < -0.4 is 10.6 Å². The Hall–Kier alpha value is -1.70. The van der Waals surface area contributed by atoms with Crippen molar-refractivity contribution in [1.29, 1.82) is 0 Å². The van der Waals surface area contributed by atoms with E-state index in [4.69, 9.17) is 5.11 Å². The van der Waals surface area contributed by atoms with Gasteiger partial charge in [0.05, 0.1) is 6.33 Å². The van der Waals surface area contributed by atoms with Crippen molar-refractivity contribution >= 4 is 23.8 Å². The Morgan fingerprint density at radius 1 is 1.55 bits per heavy atom. The van der Waals surface area contributed by atoms with Gasteiger partial charge in [-0.05, 0) is 25.4 Å².